The molecule has 0 radical (unpaired) electrons. The molecule has 1 aromatic heterocycles. The van der Waals surface area contributed by atoms with Crippen LogP contribution in [0.5, 0.6) is 0 Å². The molecule has 1 unspecified atom stereocenters. The van der Waals surface area contributed by atoms with Crippen molar-refractivity contribution in [1.29, 1.82) is 0 Å². The highest BCUT2D eigenvalue weighted by Crippen LogP contribution is 2.58. The van der Waals surface area contributed by atoms with Crippen LogP contribution in [-0.2, 0) is 5.54 Å². The van der Waals surface area contributed by atoms with Gasteiger partial charge in [0.1, 0.15) is 11.2 Å². The van der Waals surface area contributed by atoms with Crippen molar-refractivity contribution >= 4 is 22.5 Å². The lowest BCUT2D eigenvalue weighted by Crippen LogP contribution is -2.29. The van der Waals surface area contributed by atoms with E-state index in [9.17, 15) is 8.78 Å². The van der Waals surface area contributed by atoms with E-state index < -0.39 is 17.9 Å². The first-order valence-corrected chi connectivity index (χ1v) is 5.42. The van der Waals surface area contributed by atoms with Gasteiger partial charge in [-0.05, 0) is 6.07 Å². The Kier molecular flexibility index (Phi) is 1.98. The molecule has 1 aromatic carbocycles. The zero-order chi connectivity index (χ0) is 12.3. The van der Waals surface area contributed by atoms with E-state index in [-0.39, 0.29) is 10.7 Å². The van der Waals surface area contributed by atoms with Crippen LogP contribution < -0.4 is 5.73 Å². The van der Waals surface area contributed by atoms with E-state index in [4.69, 9.17) is 17.3 Å². The molecular formula is C11H8ClF2N3. The maximum Gasteiger partial charge on any atom is 0.274 e. The summed E-state index contributed by atoms with van der Waals surface area (Å²) >= 11 is 6.08. The van der Waals surface area contributed by atoms with Gasteiger partial charge in [-0.15, -0.1) is 0 Å². The molecule has 1 heterocycles. The third-order valence-corrected chi connectivity index (χ3v) is 3.44. The molecule has 1 aliphatic carbocycles. The molecule has 6 heteroatoms. The minimum absolute atomic E-state index is 0.0251. The van der Waals surface area contributed by atoms with Gasteiger partial charge in [-0.1, -0.05) is 29.8 Å². The van der Waals surface area contributed by atoms with Crippen molar-refractivity contribution in [1.82, 2.24) is 10.2 Å². The van der Waals surface area contributed by atoms with Gasteiger partial charge in [-0.25, -0.2) is 8.78 Å². The average molecular weight is 256 g/mol. The van der Waals surface area contributed by atoms with Crippen LogP contribution in [0.1, 0.15) is 12.1 Å². The number of nitrogens with zero attached hydrogens (tertiary/aromatic N) is 2. The Bertz CT molecular complexity index is 617. The van der Waals surface area contributed by atoms with Gasteiger partial charge in [0.2, 0.25) is 0 Å². The van der Waals surface area contributed by atoms with E-state index in [1.165, 1.54) is 0 Å². The van der Waals surface area contributed by atoms with Gasteiger partial charge in [-0.3, -0.25) is 0 Å². The Morgan fingerprint density at radius 2 is 1.88 bits per heavy atom. The molecule has 3 nitrogen and oxygen atoms in total. The number of hydrogen-bond donors (Lipinski definition) is 1. The fourth-order valence-corrected chi connectivity index (χ4v) is 2.24. The highest BCUT2D eigenvalue weighted by Gasteiger charge is 2.72. The monoisotopic (exact) mass is 255 g/mol. The number of benzene rings is 1. The normalized spacial score (nSPS) is 26.1. The van der Waals surface area contributed by atoms with Gasteiger partial charge in [0.25, 0.3) is 5.92 Å². The third kappa shape index (κ3) is 1.36. The Morgan fingerprint density at radius 1 is 1.24 bits per heavy atom. The number of rotatable bonds is 1. The number of aromatic nitrogens is 2. The van der Waals surface area contributed by atoms with Crippen molar-refractivity contribution in [3.05, 3.63) is 35.0 Å². The summed E-state index contributed by atoms with van der Waals surface area (Å²) in [7, 11) is 0. The van der Waals surface area contributed by atoms with E-state index in [2.05, 4.69) is 10.2 Å². The Labute approximate surface area is 101 Å². The summed E-state index contributed by atoms with van der Waals surface area (Å²) in [6, 6.07) is 6.96. The Balaban J connectivity index is 2.23. The smallest absolute Gasteiger partial charge is 0.274 e. The highest BCUT2D eigenvalue weighted by molar-refractivity contribution is 6.36. The summed E-state index contributed by atoms with van der Waals surface area (Å²) in [5.74, 6) is -2.95. The summed E-state index contributed by atoms with van der Waals surface area (Å²) in [5.41, 5.74) is 4.38. The van der Waals surface area contributed by atoms with E-state index in [0.717, 1.165) is 0 Å². The molecule has 0 aliphatic heterocycles. The van der Waals surface area contributed by atoms with Gasteiger partial charge in [-0.2, -0.15) is 10.2 Å². The molecule has 2 N–H and O–H groups in total. The summed E-state index contributed by atoms with van der Waals surface area (Å²) in [4.78, 5) is 0. The first-order chi connectivity index (χ1) is 7.96. The Morgan fingerprint density at radius 3 is 2.53 bits per heavy atom. The van der Waals surface area contributed by atoms with E-state index >= 15 is 0 Å². The zero-order valence-corrected chi connectivity index (χ0v) is 9.38. The molecule has 1 fully saturated rings. The zero-order valence-electron chi connectivity index (χ0n) is 8.62. The van der Waals surface area contributed by atoms with Crippen LogP contribution in [0.15, 0.2) is 24.3 Å². The van der Waals surface area contributed by atoms with Crippen molar-refractivity contribution in [2.45, 2.75) is 17.9 Å². The summed E-state index contributed by atoms with van der Waals surface area (Å²) in [6.45, 7) is 0. The highest BCUT2D eigenvalue weighted by atomic mass is 35.5. The lowest BCUT2D eigenvalue weighted by molar-refractivity contribution is 0.0879. The van der Waals surface area contributed by atoms with Crippen LogP contribution in [0.25, 0.3) is 10.9 Å². The van der Waals surface area contributed by atoms with Gasteiger partial charge in [0.05, 0.1) is 10.5 Å². The maximum atomic E-state index is 13.2. The molecule has 3 rings (SSSR count). The molecule has 0 spiro atoms. The van der Waals surface area contributed by atoms with E-state index in [1.54, 1.807) is 24.3 Å². The molecule has 0 bridgehead atoms. The van der Waals surface area contributed by atoms with Gasteiger partial charge in [0.15, 0.2) is 0 Å². The largest absolute Gasteiger partial charge is 0.315 e. The maximum absolute atomic E-state index is 13.2. The molecule has 1 atom stereocenters. The fourth-order valence-electron chi connectivity index (χ4n) is 1.87. The van der Waals surface area contributed by atoms with Crippen LogP contribution in [0.2, 0.25) is 5.02 Å². The van der Waals surface area contributed by atoms with Crippen LogP contribution in [0.4, 0.5) is 8.78 Å². The predicted octanol–water partition coefficient (Wildman–Crippen LogP) is 2.48. The standard InChI is InChI=1S/C11H8ClF2N3/c12-8-6-3-1-2-4-7(6)16-17-9(8)10(15)5-11(10,13)14/h1-4H,5,15H2. The summed E-state index contributed by atoms with van der Waals surface area (Å²) in [6.07, 6.45) is -0.438. The molecular weight excluding hydrogens is 248 g/mol. The predicted molar refractivity (Wildman–Crippen MR) is 60.0 cm³/mol. The quantitative estimate of drug-likeness (QED) is 0.852. The third-order valence-electron chi connectivity index (χ3n) is 3.06. The SMILES string of the molecule is NC1(c2nnc3ccccc3c2Cl)CC1(F)F. The summed E-state index contributed by atoms with van der Waals surface area (Å²) in [5, 5.41) is 8.37. The van der Waals surface area contributed by atoms with E-state index in [1.807, 2.05) is 0 Å². The van der Waals surface area contributed by atoms with Crippen LogP contribution in [0, 0.1) is 0 Å². The lowest BCUT2D eigenvalue weighted by atomic mass is 10.1. The number of nitrogens with two attached hydrogens (primary N) is 1. The molecule has 1 aliphatic rings. The topological polar surface area (TPSA) is 51.8 Å². The number of hydrogen-bond acceptors (Lipinski definition) is 3. The number of halogens is 3. The van der Waals surface area contributed by atoms with Crippen molar-refractivity contribution in [3.63, 3.8) is 0 Å². The molecule has 0 saturated heterocycles. The lowest BCUT2D eigenvalue weighted by Gasteiger charge is -2.12. The summed E-state index contributed by atoms with van der Waals surface area (Å²) < 4.78 is 26.4. The second kappa shape index (κ2) is 3.11. The molecule has 17 heavy (non-hydrogen) atoms. The fraction of sp³-hybridized carbons (Fsp3) is 0.273. The van der Waals surface area contributed by atoms with Crippen LogP contribution >= 0.6 is 11.6 Å². The molecule has 0 amide bonds. The van der Waals surface area contributed by atoms with Crippen LogP contribution in [0.3, 0.4) is 0 Å². The Hall–Kier alpha value is -1.33. The second-order valence-corrected chi connectivity index (χ2v) is 4.61. The molecule has 2 aromatic rings. The number of alkyl halides is 2. The van der Waals surface area contributed by atoms with Gasteiger partial charge >= 0.3 is 0 Å². The van der Waals surface area contributed by atoms with Crippen molar-refractivity contribution < 1.29 is 8.78 Å². The first-order valence-electron chi connectivity index (χ1n) is 5.04. The van der Waals surface area contributed by atoms with Crippen molar-refractivity contribution in [3.8, 4) is 0 Å². The average Bonchev–Trinajstić information content (AvgIpc) is 2.79. The van der Waals surface area contributed by atoms with Crippen molar-refractivity contribution in [2.75, 3.05) is 0 Å². The minimum atomic E-state index is -2.95. The number of fused-ring (bicyclic) bond motifs is 1. The van der Waals surface area contributed by atoms with Gasteiger partial charge in [0, 0.05) is 11.8 Å². The molecule has 88 valence electrons. The van der Waals surface area contributed by atoms with E-state index in [0.29, 0.717) is 10.9 Å². The minimum Gasteiger partial charge on any atom is -0.315 e. The van der Waals surface area contributed by atoms with Crippen molar-refractivity contribution in [2.24, 2.45) is 5.73 Å². The van der Waals surface area contributed by atoms with Gasteiger partial charge < -0.3 is 5.73 Å². The van der Waals surface area contributed by atoms with Crippen LogP contribution in [-0.4, -0.2) is 16.1 Å². The first kappa shape index (κ1) is 10.8. The second-order valence-electron chi connectivity index (χ2n) is 4.23. The molecule has 1 saturated carbocycles.